The van der Waals surface area contributed by atoms with Crippen LogP contribution in [0.15, 0.2) is 16.0 Å². The molecule has 2 heterocycles. The van der Waals surface area contributed by atoms with Crippen molar-refractivity contribution in [3.8, 4) is 0 Å². The molecule has 0 unspecified atom stereocenters. The number of methoxy groups -OCH3 is 1. The minimum absolute atomic E-state index is 0.179. The Morgan fingerprint density at radius 2 is 2.20 bits per heavy atom. The van der Waals surface area contributed by atoms with Gasteiger partial charge in [0.15, 0.2) is 5.82 Å². The number of nitrogens with one attached hydrogen (secondary N) is 1. The summed E-state index contributed by atoms with van der Waals surface area (Å²) in [6, 6.07) is 1.52. The number of hydrogen-bond donors (Lipinski definition) is 1. The van der Waals surface area contributed by atoms with Gasteiger partial charge in [0.1, 0.15) is 6.04 Å². The standard InChI is InChI=1S/C17H26N4O3S/c1-11(2)15-19-16(24-20-15)13(4)18-17(22)21(7-8-23-5)10-14-12(3)6-9-25-14/h6,9,11,13H,7-8,10H2,1-5H3,(H,18,22)/t13-/m1/s1. The summed E-state index contributed by atoms with van der Waals surface area (Å²) in [6.45, 7) is 9.40. The molecule has 1 N–H and O–H groups in total. The molecule has 0 aromatic carbocycles. The Balaban J connectivity index is 2.03. The second-order valence-electron chi connectivity index (χ2n) is 6.26. The highest BCUT2D eigenvalue weighted by Crippen LogP contribution is 2.19. The molecule has 2 aromatic heterocycles. The van der Waals surface area contributed by atoms with Crippen LogP contribution in [0.5, 0.6) is 0 Å². The summed E-state index contributed by atoms with van der Waals surface area (Å²) in [5.41, 5.74) is 1.19. The lowest BCUT2D eigenvalue weighted by molar-refractivity contribution is 0.144. The average Bonchev–Trinajstić information content (AvgIpc) is 3.20. The Bertz CT molecular complexity index is 683. The van der Waals surface area contributed by atoms with Crippen LogP contribution in [-0.2, 0) is 11.3 Å². The van der Waals surface area contributed by atoms with E-state index in [1.807, 2.05) is 33.1 Å². The summed E-state index contributed by atoms with van der Waals surface area (Å²) in [6.07, 6.45) is 0. The van der Waals surface area contributed by atoms with Crippen molar-refractivity contribution in [3.63, 3.8) is 0 Å². The number of aryl methyl sites for hydroxylation is 1. The summed E-state index contributed by atoms with van der Waals surface area (Å²) in [4.78, 5) is 19.9. The first-order valence-electron chi connectivity index (χ1n) is 8.33. The zero-order valence-corrected chi connectivity index (χ0v) is 16.2. The van der Waals surface area contributed by atoms with Gasteiger partial charge in [-0.15, -0.1) is 11.3 Å². The molecule has 138 valence electrons. The van der Waals surface area contributed by atoms with Gasteiger partial charge in [0.05, 0.1) is 13.2 Å². The Morgan fingerprint density at radius 3 is 2.76 bits per heavy atom. The van der Waals surface area contributed by atoms with Gasteiger partial charge in [-0.1, -0.05) is 19.0 Å². The number of carbonyl (C=O) groups is 1. The highest BCUT2D eigenvalue weighted by molar-refractivity contribution is 7.10. The fourth-order valence-corrected chi connectivity index (χ4v) is 3.11. The Kier molecular flexibility index (Phi) is 6.95. The molecule has 0 saturated heterocycles. The summed E-state index contributed by atoms with van der Waals surface area (Å²) in [5.74, 6) is 1.23. The van der Waals surface area contributed by atoms with Crippen molar-refractivity contribution in [2.45, 2.75) is 46.2 Å². The molecule has 0 aliphatic heterocycles. The van der Waals surface area contributed by atoms with Crippen molar-refractivity contribution in [2.75, 3.05) is 20.3 Å². The maximum Gasteiger partial charge on any atom is 0.318 e. The number of urea groups is 1. The summed E-state index contributed by atoms with van der Waals surface area (Å²) in [5, 5.41) is 8.90. The minimum atomic E-state index is -0.359. The normalized spacial score (nSPS) is 12.4. The zero-order valence-electron chi connectivity index (χ0n) is 15.4. The van der Waals surface area contributed by atoms with E-state index >= 15 is 0 Å². The van der Waals surface area contributed by atoms with Crippen LogP contribution in [0.2, 0.25) is 0 Å². The smallest absolute Gasteiger partial charge is 0.318 e. The lowest BCUT2D eigenvalue weighted by Crippen LogP contribution is -2.42. The molecular weight excluding hydrogens is 340 g/mol. The maximum absolute atomic E-state index is 12.7. The predicted octanol–water partition coefficient (Wildman–Crippen LogP) is 3.48. The van der Waals surface area contributed by atoms with Crippen molar-refractivity contribution in [3.05, 3.63) is 33.6 Å². The lowest BCUT2D eigenvalue weighted by Gasteiger charge is -2.24. The fourth-order valence-electron chi connectivity index (χ4n) is 2.19. The van der Waals surface area contributed by atoms with Crippen molar-refractivity contribution < 1.29 is 14.1 Å². The van der Waals surface area contributed by atoms with Gasteiger partial charge in [-0.3, -0.25) is 0 Å². The average molecular weight is 366 g/mol. The van der Waals surface area contributed by atoms with Gasteiger partial charge in [0.25, 0.3) is 0 Å². The van der Waals surface area contributed by atoms with Gasteiger partial charge in [-0.05, 0) is 30.9 Å². The topological polar surface area (TPSA) is 80.5 Å². The van der Waals surface area contributed by atoms with Gasteiger partial charge >= 0.3 is 6.03 Å². The van der Waals surface area contributed by atoms with Gasteiger partial charge in [-0.25, -0.2) is 4.79 Å². The van der Waals surface area contributed by atoms with Gasteiger partial charge in [-0.2, -0.15) is 4.98 Å². The molecule has 0 bridgehead atoms. The van der Waals surface area contributed by atoms with E-state index in [4.69, 9.17) is 9.26 Å². The molecule has 0 radical (unpaired) electrons. The predicted molar refractivity (Wildman–Crippen MR) is 96.7 cm³/mol. The van der Waals surface area contributed by atoms with E-state index in [9.17, 15) is 4.79 Å². The molecule has 0 fully saturated rings. The molecule has 8 heteroatoms. The van der Waals surface area contributed by atoms with Gasteiger partial charge < -0.3 is 19.5 Å². The van der Waals surface area contributed by atoms with Gasteiger partial charge in [0, 0.05) is 24.4 Å². The SMILES string of the molecule is COCCN(Cc1sccc1C)C(=O)N[C@H](C)c1nc(C(C)C)no1. The molecule has 25 heavy (non-hydrogen) atoms. The van der Waals surface area contributed by atoms with Crippen LogP contribution in [0.25, 0.3) is 0 Å². The molecule has 0 spiro atoms. The van der Waals surface area contributed by atoms with E-state index in [0.717, 1.165) is 0 Å². The van der Waals surface area contributed by atoms with Crippen molar-refractivity contribution >= 4 is 17.4 Å². The highest BCUT2D eigenvalue weighted by atomic mass is 32.1. The summed E-state index contributed by atoms with van der Waals surface area (Å²) < 4.78 is 10.4. The van der Waals surface area contributed by atoms with E-state index in [-0.39, 0.29) is 18.0 Å². The van der Waals surface area contributed by atoms with E-state index < -0.39 is 0 Å². The molecule has 7 nitrogen and oxygen atoms in total. The third kappa shape index (κ3) is 5.27. The Hall–Kier alpha value is -1.93. The van der Waals surface area contributed by atoms with E-state index in [1.54, 1.807) is 23.3 Å². The maximum atomic E-state index is 12.7. The highest BCUT2D eigenvalue weighted by Gasteiger charge is 2.22. The first-order valence-corrected chi connectivity index (χ1v) is 9.21. The van der Waals surface area contributed by atoms with Gasteiger partial charge in [0.2, 0.25) is 5.89 Å². The minimum Gasteiger partial charge on any atom is -0.383 e. The Labute approximate surface area is 152 Å². The van der Waals surface area contributed by atoms with Crippen LogP contribution in [0.3, 0.4) is 0 Å². The van der Waals surface area contributed by atoms with Crippen molar-refractivity contribution in [2.24, 2.45) is 0 Å². The fraction of sp³-hybridized carbons (Fsp3) is 0.588. The number of hydrogen-bond acceptors (Lipinski definition) is 6. The van der Waals surface area contributed by atoms with E-state index in [2.05, 4.69) is 21.5 Å². The molecule has 2 rings (SSSR count). The number of ether oxygens (including phenoxy) is 1. The molecule has 1 atom stereocenters. The monoisotopic (exact) mass is 366 g/mol. The number of amides is 2. The molecule has 0 aliphatic rings. The Morgan fingerprint density at radius 1 is 1.44 bits per heavy atom. The third-order valence-electron chi connectivity index (χ3n) is 3.84. The zero-order chi connectivity index (χ0) is 18.4. The molecule has 2 aromatic rings. The number of thiophene rings is 1. The van der Waals surface area contributed by atoms with Crippen LogP contribution in [0.4, 0.5) is 4.79 Å². The van der Waals surface area contributed by atoms with Crippen LogP contribution in [0, 0.1) is 6.92 Å². The van der Waals surface area contributed by atoms with Crippen LogP contribution >= 0.6 is 11.3 Å². The largest absolute Gasteiger partial charge is 0.383 e. The number of nitrogens with zero attached hydrogens (tertiary/aromatic N) is 3. The second-order valence-corrected chi connectivity index (χ2v) is 7.26. The van der Waals surface area contributed by atoms with Crippen molar-refractivity contribution in [1.82, 2.24) is 20.4 Å². The number of rotatable bonds is 8. The first-order chi connectivity index (χ1) is 11.9. The van der Waals surface area contributed by atoms with Crippen LogP contribution < -0.4 is 5.32 Å². The van der Waals surface area contributed by atoms with E-state index in [1.165, 1.54) is 10.4 Å². The number of carbonyl (C=O) groups excluding carboxylic acids is 1. The van der Waals surface area contributed by atoms with Crippen LogP contribution in [0.1, 0.15) is 54.9 Å². The molecular formula is C17H26N4O3S. The third-order valence-corrected chi connectivity index (χ3v) is 4.85. The summed E-state index contributed by atoms with van der Waals surface area (Å²) >= 11 is 1.65. The lowest BCUT2D eigenvalue weighted by atomic mass is 10.2. The summed E-state index contributed by atoms with van der Waals surface area (Å²) in [7, 11) is 1.63. The first kappa shape index (κ1) is 19.4. The molecule has 0 saturated carbocycles. The molecule has 2 amide bonds. The van der Waals surface area contributed by atoms with Crippen LogP contribution in [-0.4, -0.2) is 41.3 Å². The van der Waals surface area contributed by atoms with Crippen molar-refractivity contribution in [1.29, 1.82) is 0 Å². The quantitative estimate of drug-likeness (QED) is 0.773. The number of aromatic nitrogens is 2. The van der Waals surface area contributed by atoms with E-state index in [0.29, 0.717) is 31.4 Å². The molecule has 0 aliphatic carbocycles. The second kappa shape index (κ2) is 8.96.